The molecule has 3 heterocycles. The van der Waals surface area contributed by atoms with E-state index in [1.54, 1.807) is 4.90 Å². The number of amides is 1. The van der Waals surface area contributed by atoms with E-state index in [1.165, 1.54) is 18.3 Å². The number of halogens is 1. The smallest absolute Gasteiger partial charge is 0.315 e. The van der Waals surface area contributed by atoms with Gasteiger partial charge in [0.1, 0.15) is 0 Å². The van der Waals surface area contributed by atoms with E-state index >= 15 is 0 Å². The summed E-state index contributed by atoms with van der Waals surface area (Å²) in [6.45, 7) is 10.6. The van der Waals surface area contributed by atoms with E-state index in [9.17, 15) is 4.79 Å². The van der Waals surface area contributed by atoms with Gasteiger partial charge in [0, 0.05) is 43.0 Å². The molecule has 1 amide bonds. The Labute approximate surface area is 213 Å². The van der Waals surface area contributed by atoms with Crippen molar-refractivity contribution < 1.29 is 9.32 Å². The predicted molar refractivity (Wildman–Crippen MR) is 140 cm³/mol. The Balaban J connectivity index is 0.00000342. The van der Waals surface area contributed by atoms with E-state index in [4.69, 9.17) is 4.52 Å². The van der Waals surface area contributed by atoms with E-state index in [-0.39, 0.29) is 24.2 Å². The third-order valence-corrected chi connectivity index (χ3v) is 6.55. The topological polar surface area (TPSA) is 87.4 Å². The number of nitrogens with zero attached hydrogens (tertiary/aromatic N) is 5. The van der Waals surface area contributed by atoms with Crippen molar-refractivity contribution in [2.45, 2.75) is 58.7 Å². The molecule has 1 aliphatic rings. The highest BCUT2D eigenvalue weighted by Crippen LogP contribution is 2.33. The van der Waals surface area contributed by atoms with Crippen molar-refractivity contribution in [2.75, 3.05) is 25.0 Å². The van der Waals surface area contributed by atoms with E-state index in [1.807, 2.05) is 40.2 Å². The number of pyridine rings is 1. The second-order valence-corrected chi connectivity index (χ2v) is 9.92. The molecular formula is C26H35ClN6O2. The first-order valence-electron chi connectivity index (χ1n) is 11.8. The molecule has 1 aromatic carbocycles. The van der Waals surface area contributed by atoms with Crippen molar-refractivity contribution in [2.24, 2.45) is 0 Å². The molecule has 0 spiro atoms. The van der Waals surface area contributed by atoms with Crippen molar-refractivity contribution in [1.29, 1.82) is 0 Å². The highest BCUT2D eigenvalue weighted by molar-refractivity contribution is 5.90. The molecule has 35 heavy (non-hydrogen) atoms. The number of aromatic nitrogens is 3. The number of rotatable bonds is 6. The Hall–Kier alpha value is -2.97. The highest BCUT2D eigenvalue weighted by Gasteiger charge is 2.31. The summed E-state index contributed by atoms with van der Waals surface area (Å²) >= 11 is 0. The molecule has 1 fully saturated rings. The van der Waals surface area contributed by atoms with E-state index in [2.05, 4.69) is 56.5 Å². The molecule has 3 aromatic rings. The largest absolute Gasteiger partial charge is 0.368 e. The van der Waals surface area contributed by atoms with Crippen LogP contribution >= 0.6 is 12.4 Å². The molecule has 1 aliphatic heterocycles. The van der Waals surface area contributed by atoms with Crippen LogP contribution in [0.4, 0.5) is 5.69 Å². The lowest BCUT2D eigenvalue weighted by Crippen LogP contribution is -2.45. The lowest BCUT2D eigenvalue weighted by molar-refractivity contribution is 0.0507. The maximum atomic E-state index is 13.0. The fourth-order valence-corrected chi connectivity index (χ4v) is 4.52. The van der Waals surface area contributed by atoms with Gasteiger partial charge in [-0.1, -0.05) is 23.4 Å². The molecule has 1 N–H and O–H groups in total. The monoisotopic (exact) mass is 498 g/mol. The Morgan fingerprint density at radius 3 is 2.74 bits per heavy atom. The SMILES string of the molecule is CNC1CCCN(c2cnccc2-c2ccc(CN(C(=O)c3ncno3)C(C)(C)C)c(C)c2)C1.Cl. The normalized spacial score (nSPS) is 16.0. The number of anilines is 1. The van der Waals surface area contributed by atoms with Gasteiger partial charge < -0.3 is 19.6 Å². The van der Waals surface area contributed by atoms with Gasteiger partial charge in [0.15, 0.2) is 6.33 Å². The van der Waals surface area contributed by atoms with Gasteiger partial charge in [0.25, 0.3) is 0 Å². The molecule has 0 radical (unpaired) electrons. The second-order valence-electron chi connectivity index (χ2n) is 9.92. The van der Waals surface area contributed by atoms with E-state index < -0.39 is 5.54 Å². The molecule has 188 valence electrons. The maximum absolute atomic E-state index is 13.0. The van der Waals surface area contributed by atoms with Crippen molar-refractivity contribution in [3.05, 3.63) is 60.0 Å². The summed E-state index contributed by atoms with van der Waals surface area (Å²) in [5.41, 5.74) is 5.28. The van der Waals surface area contributed by atoms with E-state index in [0.717, 1.165) is 41.9 Å². The summed E-state index contributed by atoms with van der Waals surface area (Å²) in [6.07, 6.45) is 7.44. The zero-order chi connectivity index (χ0) is 24.3. The van der Waals surface area contributed by atoms with Crippen LogP contribution in [0, 0.1) is 6.92 Å². The van der Waals surface area contributed by atoms with Gasteiger partial charge in [-0.05, 0) is 70.3 Å². The van der Waals surface area contributed by atoms with Crippen LogP contribution in [-0.4, -0.2) is 57.6 Å². The van der Waals surface area contributed by atoms with Crippen LogP contribution in [0.3, 0.4) is 0 Å². The number of likely N-dealkylation sites (N-methyl/N-ethyl adjacent to an activating group) is 1. The minimum Gasteiger partial charge on any atom is -0.368 e. The number of hydrogen-bond donors (Lipinski definition) is 1. The summed E-state index contributed by atoms with van der Waals surface area (Å²) < 4.78 is 5.04. The number of carbonyl (C=O) groups is 1. The first kappa shape index (κ1) is 26.6. The lowest BCUT2D eigenvalue weighted by atomic mass is 9.96. The van der Waals surface area contributed by atoms with E-state index in [0.29, 0.717) is 12.6 Å². The van der Waals surface area contributed by atoms with Crippen LogP contribution in [0.2, 0.25) is 0 Å². The zero-order valence-electron chi connectivity index (χ0n) is 21.1. The maximum Gasteiger partial charge on any atom is 0.315 e. The average Bonchev–Trinajstić information content (AvgIpc) is 3.37. The van der Waals surface area contributed by atoms with Gasteiger partial charge in [0.05, 0.1) is 11.9 Å². The second kappa shape index (κ2) is 11.2. The molecule has 9 heteroatoms. The van der Waals surface area contributed by atoms with Gasteiger partial charge >= 0.3 is 11.8 Å². The molecule has 0 saturated carbocycles. The highest BCUT2D eigenvalue weighted by atomic mass is 35.5. The summed E-state index contributed by atoms with van der Waals surface area (Å²) in [5.74, 6) is -0.263. The predicted octanol–water partition coefficient (Wildman–Crippen LogP) is 4.49. The molecule has 1 atom stereocenters. The minimum absolute atomic E-state index is 0. The molecule has 2 aromatic heterocycles. The number of carbonyl (C=O) groups excluding carboxylic acids is 1. The molecule has 1 unspecified atom stereocenters. The summed E-state index contributed by atoms with van der Waals surface area (Å²) in [5, 5.41) is 7.01. The fraction of sp³-hybridized carbons (Fsp3) is 0.462. The van der Waals surface area contributed by atoms with Gasteiger partial charge in [0.2, 0.25) is 0 Å². The number of piperidine rings is 1. The van der Waals surface area contributed by atoms with Crippen LogP contribution in [0.25, 0.3) is 11.1 Å². The van der Waals surface area contributed by atoms with Crippen molar-refractivity contribution in [3.63, 3.8) is 0 Å². The van der Waals surface area contributed by atoms with Crippen LogP contribution in [0.5, 0.6) is 0 Å². The van der Waals surface area contributed by atoms with Crippen LogP contribution < -0.4 is 10.2 Å². The lowest BCUT2D eigenvalue weighted by Gasteiger charge is -2.35. The molecule has 0 bridgehead atoms. The molecule has 0 aliphatic carbocycles. The van der Waals surface area contributed by atoms with Gasteiger partial charge in [-0.2, -0.15) is 4.98 Å². The molecule has 1 saturated heterocycles. The standard InChI is InChI=1S/C26H34N6O2.ClH/c1-18-13-19(22-10-11-28-14-23(22)31-12-6-7-21(16-31)27-5)8-9-20(18)15-32(26(2,3)4)25(33)24-29-17-30-34-24;/h8-11,13-14,17,21,27H,6-7,12,15-16H2,1-5H3;1H. The van der Waals surface area contributed by atoms with Gasteiger partial charge in [-0.15, -0.1) is 12.4 Å². The quantitative estimate of drug-likeness (QED) is 0.535. The zero-order valence-corrected chi connectivity index (χ0v) is 21.9. The summed E-state index contributed by atoms with van der Waals surface area (Å²) in [7, 11) is 2.03. The summed E-state index contributed by atoms with van der Waals surface area (Å²) in [4.78, 5) is 25.6. The molecule has 8 nitrogen and oxygen atoms in total. The van der Waals surface area contributed by atoms with Crippen molar-refractivity contribution >= 4 is 24.0 Å². The Bertz CT molecular complexity index is 1130. The Morgan fingerprint density at radius 2 is 2.09 bits per heavy atom. The molecular weight excluding hydrogens is 464 g/mol. The summed E-state index contributed by atoms with van der Waals surface area (Å²) in [6, 6.07) is 9.03. The third-order valence-electron chi connectivity index (χ3n) is 6.55. The van der Waals surface area contributed by atoms with Crippen LogP contribution in [0.15, 0.2) is 47.5 Å². The number of aryl methyl sites for hydroxylation is 1. The number of benzene rings is 1. The Kier molecular flexibility index (Phi) is 8.51. The molecule has 4 rings (SSSR count). The Morgan fingerprint density at radius 1 is 1.29 bits per heavy atom. The first-order valence-corrected chi connectivity index (χ1v) is 11.8. The third kappa shape index (κ3) is 6.00. The number of hydrogen-bond acceptors (Lipinski definition) is 7. The van der Waals surface area contributed by atoms with Crippen molar-refractivity contribution in [3.8, 4) is 11.1 Å². The fourth-order valence-electron chi connectivity index (χ4n) is 4.52. The van der Waals surface area contributed by atoms with Crippen LogP contribution in [-0.2, 0) is 6.54 Å². The number of nitrogens with one attached hydrogen (secondary N) is 1. The van der Waals surface area contributed by atoms with Gasteiger partial charge in [-0.3, -0.25) is 9.78 Å². The minimum atomic E-state index is -0.410. The van der Waals surface area contributed by atoms with Crippen LogP contribution in [0.1, 0.15) is 55.4 Å². The average molecular weight is 499 g/mol. The first-order chi connectivity index (χ1) is 16.3. The van der Waals surface area contributed by atoms with Crippen molar-refractivity contribution in [1.82, 2.24) is 25.3 Å². The van der Waals surface area contributed by atoms with Gasteiger partial charge in [-0.25, -0.2) is 0 Å².